The van der Waals surface area contributed by atoms with Gasteiger partial charge in [0.05, 0.1) is 17.4 Å². The summed E-state index contributed by atoms with van der Waals surface area (Å²) in [5, 5.41) is 11.1. The normalized spacial score (nSPS) is 10.8. The minimum absolute atomic E-state index is 0.238. The van der Waals surface area contributed by atoms with Crippen LogP contribution in [0.3, 0.4) is 0 Å². The van der Waals surface area contributed by atoms with Gasteiger partial charge in [0.15, 0.2) is 0 Å². The Kier molecular flexibility index (Phi) is 4.36. The van der Waals surface area contributed by atoms with Crippen LogP contribution in [0, 0.1) is 6.92 Å². The van der Waals surface area contributed by atoms with Gasteiger partial charge >= 0.3 is 0 Å². The van der Waals surface area contributed by atoms with Crippen LogP contribution >= 0.6 is 0 Å². The van der Waals surface area contributed by atoms with E-state index in [1.165, 1.54) is 6.08 Å². The predicted octanol–water partition coefficient (Wildman–Crippen LogP) is 3.33. The lowest BCUT2D eigenvalue weighted by Crippen LogP contribution is -2.07. The molecule has 0 radical (unpaired) electrons. The third-order valence-electron chi connectivity index (χ3n) is 4.31. The van der Waals surface area contributed by atoms with Crippen molar-refractivity contribution in [2.24, 2.45) is 7.05 Å². The lowest BCUT2D eigenvalue weighted by Gasteiger charge is -2.08. The van der Waals surface area contributed by atoms with Gasteiger partial charge in [-0.15, -0.1) is 0 Å². The standard InChI is InChI=1S/C20H19N7O/c1-4-19(28)23-14-5-6-17-16(9-14)13(2)11-27(17)18-7-8-21-20(25-18)24-15-10-22-26(3)12-15/h4-12H,1H2,2-3H3,(H,23,28)(H,21,24,25). The number of aryl methyl sites for hydroxylation is 2. The Morgan fingerprint density at radius 3 is 2.82 bits per heavy atom. The molecule has 0 aliphatic rings. The molecule has 28 heavy (non-hydrogen) atoms. The van der Waals surface area contributed by atoms with Gasteiger partial charge in [-0.2, -0.15) is 10.1 Å². The minimum Gasteiger partial charge on any atom is -0.323 e. The number of anilines is 3. The highest BCUT2D eigenvalue weighted by Crippen LogP contribution is 2.27. The smallest absolute Gasteiger partial charge is 0.247 e. The highest BCUT2D eigenvalue weighted by atomic mass is 16.1. The van der Waals surface area contributed by atoms with Gasteiger partial charge in [0.25, 0.3) is 0 Å². The molecule has 8 nitrogen and oxygen atoms in total. The zero-order valence-corrected chi connectivity index (χ0v) is 15.5. The average Bonchev–Trinajstić information content (AvgIpc) is 3.25. The van der Waals surface area contributed by atoms with Gasteiger partial charge in [0, 0.05) is 36.7 Å². The summed E-state index contributed by atoms with van der Waals surface area (Å²) in [7, 11) is 1.85. The van der Waals surface area contributed by atoms with E-state index in [0.29, 0.717) is 5.95 Å². The molecule has 8 heteroatoms. The van der Waals surface area contributed by atoms with Crippen LogP contribution in [0.15, 0.2) is 61.7 Å². The maximum absolute atomic E-state index is 11.6. The quantitative estimate of drug-likeness (QED) is 0.524. The second kappa shape index (κ2) is 6.99. The van der Waals surface area contributed by atoms with Gasteiger partial charge in [-0.3, -0.25) is 9.48 Å². The Balaban J connectivity index is 1.70. The van der Waals surface area contributed by atoms with Gasteiger partial charge in [-0.1, -0.05) is 6.58 Å². The number of aromatic nitrogens is 5. The first kappa shape index (κ1) is 17.5. The van der Waals surface area contributed by atoms with Crippen LogP contribution in [0.4, 0.5) is 17.3 Å². The molecule has 3 heterocycles. The number of hydrogen-bond donors (Lipinski definition) is 2. The molecule has 0 unspecified atom stereocenters. The summed E-state index contributed by atoms with van der Waals surface area (Å²) in [6, 6.07) is 7.60. The fourth-order valence-corrected chi connectivity index (χ4v) is 3.01. The molecule has 0 bridgehead atoms. The van der Waals surface area contributed by atoms with Crippen molar-refractivity contribution in [2.45, 2.75) is 6.92 Å². The number of benzene rings is 1. The van der Waals surface area contributed by atoms with Crippen LogP contribution in [0.5, 0.6) is 0 Å². The predicted molar refractivity (Wildman–Crippen MR) is 109 cm³/mol. The molecular weight excluding hydrogens is 354 g/mol. The van der Waals surface area contributed by atoms with E-state index in [-0.39, 0.29) is 5.91 Å². The molecule has 0 saturated carbocycles. The first-order chi connectivity index (χ1) is 13.5. The molecule has 3 aromatic heterocycles. The van der Waals surface area contributed by atoms with E-state index in [4.69, 9.17) is 0 Å². The lowest BCUT2D eigenvalue weighted by atomic mass is 10.2. The van der Waals surface area contributed by atoms with E-state index in [1.807, 2.05) is 55.2 Å². The average molecular weight is 373 g/mol. The topological polar surface area (TPSA) is 89.7 Å². The number of nitrogens with one attached hydrogen (secondary N) is 2. The van der Waals surface area contributed by atoms with Crippen molar-refractivity contribution in [1.82, 2.24) is 24.3 Å². The molecule has 0 atom stereocenters. The molecule has 4 aromatic rings. The van der Waals surface area contributed by atoms with Crippen LogP contribution in [0.1, 0.15) is 5.56 Å². The van der Waals surface area contributed by atoms with E-state index >= 15 is 0 Å². The maximum Gasteiger partial charge on any atom is 0.247 e. The third kappa shape index (κ3) is 3.35. The summed E-state index contributed by atoms with van der Waals surface area (Å²) in [5.41, 5.74) is 3.60. The zero-order chi connectivity index (χ0) is 19.7. The summed E-state index contributed by atoms with van der Waals surface area (Å²) >= 11 is 0. The summed E-state index contributed by atoms with van der Waals surface area (Å²) in [6.07, 6.45) is 8.54. The second-order valence-electron chi connectivity index (χ2n) is 6.37. The van der Waals surface area contributed by atoms with Gasteiger partial charge < -0.3 is 15.2 Å². The molecule has 1 amide bonds. The Morgan fingerprint density at radius 1 is 1.21 bits per heavy atom. The molecule has 0 saturated heterocycles. The van der Waals surface area contributed by atoms with E-state index < -0.39 is 0 Å². The first-order valence-electron chi connectivity index (χ1n) is 8.68. The van der Waals surface area contributed by atoms with Crippen LogP contribution in [-0.2, 0) is 11.8 Å². The Hall–Kier alpha value is -3.94. The number of fused-ring (bicyclic) bond motifs is 1. The Morgan fingerprint density at radius 2 is 2.07 bits per heavy atom. The van der Waals surface area contributed by atoms with Crippen LogP contribution in [0.2, 0.25) is 0 Å². The van der Waals surface area contributed by atoms with Gasteiger partial charge in [-0.05, 0) is 42.8 Å². The molecule has 0 spiro atoms. The SMILES string of the molecule is C=CC(=O)Nc1ccc2c(c1)c(C)cn2-c1ccnc(Nc2cnn(C)c2)n1. The summed E-state index contributed by atoms with van der Waals surface area (Å²) in [4.78, 5) is 20.5. The summed E-state index contributed by atoms with van der Waals surface area (Å²) in [5.74, 6) is 0.987. The zero-order valence-electron chi connectivity index (χ0n) is 15.5. The summed E-state index contributed by atoms with van der Waals surface area (Å²) < 4.78 is 3.71. The minimum atomic E-state index is -0.238. The number of amides is 1. The van der Waals surface area contributed by atoms with Crippen LogP contribution in [-0.4, -0.2) is 30.2 Å². The Labute approximate surface area is 161 Å². The first-order valence-corrected chi connectivity index (χ1v) is 8.68. The number of carbonyl (C=O) groups is 1. The van der Waals surface area contributed by atoms with Crippen molar-refractivity contribution >= 4 is 34.1 Å². The van der Waals surface area contributed by atoms with Crippen molar-refractivity contribution < 1.29 is 4.79 Å². The van der Waals surface area contributed by atoms with Crippen molar-refractivity contribution in [3.63, 3.8) is 0 Å². The van der Waals surface area contributed by atoms with E-state index in [0.717, 1.165) is 33.7 Å². The maximum atomic E-state index is 11.6. The Bertz CT molecular complexity index is 1190. The number of carbonyl (C=O) groups excluding carboxylic acids is 1. The van der Waals surface area contributed by atoms with Crippen molar-refractivity contribution in [2.75, 3.05) is 10.6 Å². The van der Waals surface area contributed by atoms with E-state index in [9.17, 15) is 4.79 Å². The monoisotopic (exact) mass is 373 g/mol. The third-order valence-corrected chi connectivity index (χ3v) is 4.31. The van der Waals surface area contributed by atoms with E-state index in [1.54, 1.807) is 17.1 Å². The lowest BCUT2D eigenvalue weighted by molar-refractivity contribution is -0.111. The fourth-order valence-electron chi connectivity index (χ4n) is 3.01. The van der Waals surface area contributed by atoms with Crippen molar-refractivity contribution in [1.29, 1.82) is 0 Å². The molecule has 2 N–H and O–H groups in total. The van der Waals surface area contributed by atoms with Crippen LogP contribution < -0.4 is 10.6 Å². The highest BCUT2D eigenvalue weighted by molar-refractivity contribution is 6.00. The van der Waals surface area contributed by atoms with Gasteiger partial charge in [0.1, 0.15) is 5.82 Å². The fraction of sp³-hybridized carbons (Fsp3) is 0.100. The van der Waals surface area contributed by atoms with Crippen molar-refractivity contribution in [3.8, 4) is 5.82 Å². The molecule has 140 valence electrons. The van der Waals surface area contributed by atoms with Gasteiger partial charge in [-0.25, -0.2) is 4.98 Å². The van der Waals surface area contributed by atoms with E-state index in [2.05, 4.69) is 32.3 Å². The molecule has 0 aliphatic heterocycles. The molecule has 4 rings (SSSR count). The molecule has 0 aliphatic carbocycles. The largest absolute Gasteiger partial charge is 0.323 e. The highest BCUT2D eigenvalue weighted by Gasteiger charge is 2.11. The van der Waals surface area contributed by atoms with Gasteiger partial charge in [0.2, 0.25) is 11.9 Å². The molecule has 1 aromatic carbocycles. The second-order valence-corrected chi connectivity index (χ2v) is 6.37. The number of rotatable bonds is 5. The summed E-state index contributed by atoms with van der Waals surface area (Å²) in [6.45, 7) is 5.50. The molecule has 0 fully saturated rings. The number of hydrogen-bond acceptors (Lipinski definition) is 5. The molecular formula is C20H19N7O. The van der Waals surface area contributed by atoms with Crippen molar-refractivity contribution in [3.05, 3.63) is 67.3 Å². The van der Waals surface area contributed by atoms with Crippen LogP contribution in [0.25, 0.3) is 16.7 Å². The number of nitrogens with zero attached hydrogens (tertiary/aromatic N) is 5.